The second-order valence-corrected chi connectivity index (χ2v) is 5.53. The molecule has 17 heavy (non-hydrogen) atoms. The van der Waals surface area contributed by atoms with Gasteiger partial charge in [-0.2, -0.15) is 0 Å². The molecule has 2 fully saturated rings. The molecule has 2 rings (SSSR count). The molecule has 2 aliphatic rings. The van der Waals surface area contributed by atoms with Gasteiger partial charge in [0.05, 0.1) is 24.9 Å². The fourth-order valence-electron chi connectivity index (χ4n) is 2.02. The zero-order valence-electron chi connectivity index (χ0n) is 10.0. The van der Waals surface area contributed by atoms with Crippen LogP contribution in [0.15, 0.2) is 4.99 Å². The Bertz CT molecular complexity index is 288. The molecule has 0 aromatic rings. The van der Waals surface area contributed by atoms with Crippen LogP contribution in [0.1, 0.15) is 26.2 Å². The van der Waals surface area contributed by atoms with E-state index in [1.807, 2.05) is 0 Å². The van der Waals surface area contributed by atoms with Gasteiger partial charge in [-0.15, -0.1) is 0 Å². The minimum Gasteiger partial charge on any atom is -0.394 e. The number of hydrogen-bond donors (Lipinski definition) is 3. The Morgan fingerprint density at radius 3 is 3.12 bits per heavy atom. The Kier molecular flexibility index (Phi) is 4.67. The first kappa shape index (κ1) is 13.1. The Labute approximate surface area is 106 Å². The van der Waals surface area contributed by atoms with E-state index in [-0.39, 0.29) is 24.2 Å². The summed E-state index contributed by atoms with van der Waals surface area (Å²) in [6.07, 6.45) is 1.95. The Morgan fingerprint density at radius 1 is 1.59 bits per heavy atom. The van der Waals surface area contributed by atoms with E-state index >= 15 is 0 Å². The molecule has 0 aliphatic carbocycles. The summed E-state index contributed by atoms with van der Waals surface area (Å²) in [6, 6.07) is -0.0943. The molecule has 2 heterocycles. The number of ether oxygens (including phenoxy) is 1. The number of fused-ring (bicyclic) bond motifs is 1. The number of aliphatic imine (C=N–C) groups is 1. The van der Waals surface area contributed by atoms with Crippen molar-refractivity contribution in [1.82, 2.24) is 5.32 Å². The van der Waals surface area contributed by atoms with Gasteiger partial charge in [-0.25, -0.2) is 0 Å². The lowest BCUT2D eigenvalue weighted by molar-refractivity contribution is -0.0913. The molecular formula is C11H20N2O3S. The van der Waals surface area contributed by atoms with Gasteiger partial charge < -0.3 is 20.3 Å². The highest BCUT2D eigenvalue weighted by molar-refractivity contribution is 8.14. The summed E-state index contributed by atoms with van der Waals surface area (Å²) < 4.78 is 5.68. The summed E-state index contributed by atoms with van der Waals surface area (Å²) in [6.45, 7) is 2.90. The van der Waals surface area contributed by atoms with Gasteiger partial charge in [0.1, 0.15) is 5.44 Å². The summed E-state index contributed by atoms with van der Waals surface area (Å²) in [4.78, 5) is 4.44. The highest BCUT2D eigenvalue weighted by Crippen LogP contribution is 2.33. The number of thioether (sulfide) groups is 1. The minimum absolute atomic E-state index is 0.0385. The molecule has 2 saturated heterocycles. The number of nitrogens with zero attached hydrogens (tertiary/aromatic N) is 1. The van der Waals surface area contributed by atoms with Crippen LogP contribution in [-0.2, 0) is 4.74 Å². The molecule has 0 bridgehead atoms. The Morgan fingerprint density at radius 2 is 2.41 bits per heavy atom. The molecule has 3 N–H and O–H groups in total. The monoisotopic (exact) mass is 260 g/mol. The molecule has 0 aromatic heterocycles. The number of unbranched alkanes of at least 4 members (excludes halogenated alkanes) is 1. The second kappa shape index (κ2) is 6.04. The first-order chi connectivity index (χ1) is 8.24. The molecule has 0 amide bonds. The van der Waals surface area contributed by atoms with Gasteiger partial charge in [-0.3, -0.25) is 4.99 Å². The van der Waals surface area contributed by atoms with Crippen LogP contribution in [0.5, 0.6) is 0 Å². The van der Waals surface area contributed by atoms with Gasteiger partial charge in [-0.1, -0.05) is 25.1 Å². The second-order valence-electron chi connectivity index (χ2n) is 4.44. The van der Waals surface area contributed by atoms with Crippen LogP contribution in [0.25, 0.3) is 0 Å². The number of aliphatic hydroxyl groups excluding tert-OH is 2. The third-order valence-electron chi connectivity index (χ3n) is 3.03. The fraction of sp³-hybridized carbons (Fsp3) is 0.909. The third kappa shape index (κ3) is 3.13. The lowest BCUT2D eigenvalue weighted by Gasteiger charge is -2.33. The van der Waals surface area contributed by atoms with Crippen molar-refractivity contribution in [3.05, 3.63) is 0 Å². The summed E-state index contributed by atoms with van der Waals surface area (Å²) in [5.74, 6) is 0. The molecule has 98 valence electrons. The van der Waals surface area contributed by atoms with Crippen LogP contribution < -0.4 is 5.32 Å². The van der Waals surface area contributed by atoms with E-state index in [0.29, 0.717) is 6.42 Å². The molecule has 0 saturated carbocycles. The van der Waals surface area contributed by atoms with Crippen molar-refractivity contribution in [3.8, 4) is 0 Å². The van der Waals surface area contributed by atoms with E-state index in [9.17, 15) is 5.11 Å². The van der Waals surface area contributed by atoms with Crippen LogP contribution in [0, 0.1) is 0 Å². The number of rotatable bonds is 4. The molecule has 0 radical (unpaired) electrons. The van der Waals surface area contributed by atoms with Gasteiger partial charge in [0.25, 0.3) is 0 Å². The number of hydrogen-bond acceptors (Lipinski definition) is 5. The fourth-order valence-corrected chi connectivity index (χ4v) is 3.22. The lowest BCUT2D eigenvalue weighted by Crippen LogP contribution is -2.51. The SMILES string of the molecule is CCCCN=C1NC2C(O)CC(CO)OC2S1. The third-order valence-corrected chi connectivity index (χ3v) is 4.13. The van der Waals surface area contributed by atoms with Gasteiger partial charge >= 0.3 is 0 Å². The van der Waals surface area contributed by atoms with Crippen molar-refractivity contribution in [2.24, 2.45) is 4.99 Å². The first-order valence-corrected chi connectivity index (χ1v) is 7.04. The number of nitrogens with one attached hydrogen (secondary N) is 1. The maximum atomic E-state index is 9.95. The maximum Gasteiger partial charge on any atom is 0.159 e. The van der Waals surface area contributed by atoms with Crippen LogP contribution in [0.4, 0.5) is 0 Å². The van der Waals surface area contributed by atoms with Crippen molar-refractivity contribution in [2.45, 2.75) is 49.9 Å². The maximum absolute atomic E-state index is 9.95. The zero-order valence-corrected chi connectivity index (χ0v) is 10.8. The number of amidine groups is 1. The van der Waals surface area contributed by atoms with Crippen LogP contribution in [0.2, 0.25) is 0 Å². The molecule has 5 nitrogen and oxygen atoms in total. The zero-order chi connectivity index (χ0) is 12.3. The standard InChI is InChI=1S/C11H20N2O3S/c1-2-3-4-12-11-13-9-8(15)5-7(6-14)16-10(9)17-11/h7-10,14-15H,2-6H2,1H3,(H,12,13). The van der Waals surface area contributed by atoms with E-state index in [4.69, 9.17) is 9.84 Å². The average Bonchev–Trinajstić information content (AvgIpc) is 2.72. The van der Waals surface area contributed by atoms with Gasteiger partial charge in [0, 0.05) is 13.0 Å². The van der Waals surface area contributed by atoms with E-state index in [1.54, 1.807) is 0 Å². The molecule has 0 spiro atoms. The summed E-state index contributed by atoms with van der Waals surface area (Å²) in [7, 11) is 0. The molecule has 2 aliphatic heterocycles. The van der Waals surface area contributed by atoms with E-state index < -0.39 is 6.10 Å². The van der Waals surface area contributed by atoms with Gasteiger partial charge in [-0.05, 0) is 6.42 Å². The summed E-state index contributed by atoms with van der Waals surface area (Å²) in [5, 5.41) is 23.1. The predicted octanol–water partition coefficient (Wildman–Crippen LogP) is 0.316. The van der Waals surface area contributed by atoms with Crippen molar-refractivity contribution in [3.63, 3.8) is 0 Å². The molecular weight excluding hydrogens is 240 g/mol. The Balaban J connectivity index is 1.92. The number of aliphatic hydroxyl groups is 2. The molecule has 4 atom stereocenters. The largest absolute Gasteiger partial charge is 0.394 e. The van der Waals surface area contributed by atoms with Gasteiger partial charge in [0.15, 0.2) is 5.17 Å². The first-order valence-electron chi connectivity index (χ1n) is 6.16. The normalized spacial score (nSPS) is 39.1. The highest BCUT2D eigenvalue weighted by Gasteiger charge is 2.43. The minimum atomic E-state index is -0.475. The van der Waals surface area contributed by atoms with Crippen molar-refractivity contribution in [2.75, 3.05) is 13.2 Å². The summed E-state index contributed by atoms with van der Waals surface area (Å²) >= 11 is 1.51. The lowest BCUT2D eigenvalue weighted by atomic mass is 10.0. The van der Waals surface area contributed by atoms with E-state index in [2.05, 4.69) is 17.2 Å². The topological polar surface area (TPSA) is 74.1 Å². The Hall–Kier alpha value is -0.300. The predicted molar refractivity (Wildman–Crippen MR) is 68.1 cm³/mol. The average molecular weight is 260 g/mol. The van der Waals surface area contributed by atoms with Crippen molar-refractivity contribution in [1.29, 1.82) is 0 Å². The van der Waals surface area contributed by atoms with Gasteiger partial charge in [0.2, 0.25) is 0 Å². The van der Waals surface area contributed by atoms with Crippen LogP contribution >= 0.6 is 11.8 Å². The van der Waals surface area contributed by atoms with E-state index in [1.165, 1.54) is 11.8 Å². The van der Waals surface area contributed by atoms with E-state index in [0.717, 1.165) is 24.6 Å². The smallest absolute Gasteiger partial charge is 0.159 e. The molecule has 4 unspecified atom stereocenters. The highest BCUT2D eigenvalue weighted by atomic mass is 32.2. The summed E-state index contributed by atoms with van der Waals surface area (Å²) in [5.41, 5.74) is -0.128. The van der Waals surface area contributed by atoms with Crippen molar-refractivity contribution >= 4 is 16.9 Å². The molecule has 6 heteroatoms. The van der Waals surface area contributed by atoms with Crippen molar-refractivity contribution < 1.29 is 14.9 Å². The molecule has 0 aromatic carbocycles. The quantitative estimate of drug-likeness (QED) is 0.635. The van der Waals surface area contributed by atoms with Crippen LogP contribution in [0.3, 0.4) is 0 Å². The van der Waals surface area contributed by atoms with Crippen LogP contribution in [-0.4, -0.2) is 52.2 Å².